The number of carboxylic acid groups (broad SMARTS) is 1. The molecule has 0 atom stereocenters. The van der Waals surface area contributed by atoms with E-state index in [0.717, 1.165) is 17.7 Å². The summed E-state index contributed by atoms with van der Waals surface area (Å²) in [4.78, 5) is 19.0. The average molecular weight is 227 g/mol. The molecule has 0 amide bonds. The molecule has 0 spiro atoms. The molecule has 0 saturated heterocycles. The molecule has 4 heteroatoms. The molecule has 0 saturated carbocycles. The van der Waals surface area contributed by atoms with Crippen molar-refractivity contribution < 1.29 is 9.90 Å². The van der Waals surface area contributed by atoms with E-state index in [2.05, 4.69) is 9.97 Å². The van der Waals surface area contributed by atoms with Crippen molar-refractivity contribution in [1.82, 2.24) is 9.97 Å². The number of pyridine rings is 2. The predicted molar refractivity (Wildman–Crippen MR) is 63.2 cm³/mol. The van der Waals surface area contributed by atoms with Gasteiger partial charge in [0.25, 0.3) is 0 Å². The van der Waals surface area contributed by atoms with Gasteiger partial charge < -0.3 is 5.11 Å². The first-order chi connectivity index (χ1) is 8.15. The van der Waals surface area contributed by atoms with Crippen LogP contribution in [-0.2, 0) is 4.79 Å². The van der Waals surface area contributed by atoms with Gasteiger partial charge in [0.1, 0.15) is 0 Å². The Morgan fingerprint density at radius 2 is 1.82 bits per heavy atom. The smallest absolute Gasteiger partial charge is 0.312 e. The second kappa shape index (κ2) is 4.74. The first-order valence-corrected chi connectivity index (χ1v) is 5.12. The van der Waals surface area contributed by atoms with Gasteiger partial charge >= 0.3 is 5.97 Å². The van der Waals surface area contributed by atoms with E-state index in [9.17, 15) is 4.79 Å². The zero-order valence-corrected chi connectivity index (χ0v) is 9.29. The first kappa shape index (κ1) is 11.3. The van der Waals surface area contributed by atoms with Gasteiger partial charge in [0.15, 0.2) is 0 Å². The molecular formula is C13H11N2O2. The van der Waals surface area contributed by atoms with E-state index in [1.54, 1.807) is 24.5 Å². The number of aromatic nitrogens is 2. The van der Waals surface area contributed by atoms with Crippen molar-refractivity contribution in [2.75, 3.05) is 0 Å². The standard InChI is InChI=1S/C13H11N2O2/c1-9-2-4-14-11(6-9)12-7-10(3-5-15-12)8-13(16)17/h2-8H,1H3,(H,16,17). The van der Waals surface area contributed by atoms with E-state index < -0.39 is 5.97 Å². The molecule has 17 heavy (non-hydrogen) atoms. The van der Waals surface area contributed by atoms with Gasteiger partial charge in [0.05, 0.1) is 17.8 Å². The third kappa shape index (κ3) is 2.87. The maximum atomic E-state index is 10.6. The van der Waals surface area contributed by atoms with Gasteiger partial charge in [-0.3, -0.25) is 14.8 Å². The number of carbonyl (C=O) groups is 1. The molecule has 0 aliphatic carbocycles. The third-order valence-corrected chi connectivity index (χ3v) is 2.25. The minimum absolute atomic E-state index is 0.603. The summed E-state index contributed by atoms with van der Waals surface area (Å²) in [7, 11) is 0. The summed E-state index contributed by atoms with van der Waals surface area (Å²) < 4.78 is 0. The van der Waals surface area contributed by atoms with Crippen LogP contribution in [-0.4, -0.2) is 21.0 Å². The summed E-state index contributed by atoms with van der Waals surface area (Å²) >= 11 is 0. The second-order valence-electron chi connectivity index (χ2n) is 3.68. The van der Waals surface area contributed by atoms with E-state index in [-0.39, 0.29) is 0 Å². The van der Waals surface area contributed by atoms with Crippen LogP contribution >= 0.6 is 0 Å². The summed E-state index contributed by atoms with van der Waals surface area (Å²) in [5.74, 6) is -0.973. The van der Waals surface area contributed by atoms with E-state index in [1.165, 1.54) is 0 Å². The lowest BCUT2D eigenvalue weighted by molar-refractivity contribution is -0.132. The van der Waals surface area contributed by atoms with Crippen molar-refractivity contribution in [2.24, 2.45) is 0 Å². The molecule has 2 aromatic rings. The summed E-state index contributed by atoms with van der Waals surface area (Å²) in [6, 6.07) is 7.16. The van der Waals surface area contributed by atoms with Crippen LogP contribution in [0.3, 0.4) is 0 Å². The first-order valence-electron chi connectivity index (χ1n) is 5.12. The lowest BCUT2D eigenvalue weighted by atomic mass is 10.1. The number of nitrogens with zero attached hydrogens (tertiary/aromatic N) is 2. The molecule has 0 aliphatic rings. The summed E-state index contributed by atoms with van der Waals surface area (Å²) in [5, 5.41) is 8.68. The molecule has 0 fully saturated rings. The molecule has 85 valence electrons. The Morgan fingerprint density at radius 3 is 2.47 bits per heavy atom. The summed E-state index contributed by atoms with van der Waals surface area (Å²) in [6.07, 6.45) is 4.43. The zero-order chi connectivity index (χ0) is 12.3. The quantitative estimate of drug-likeness (QED) is 0.872. The second-order valence-corrected chi connectivity index (χ2v) is 3.68. The van der Waals surface area contributed by atoms with Gasteiger partial charge in [-0.1, -0.05) is 0 Å². The number of aliphatic carboxylic acids is 1. The molecule has 1 radical (unpaired) electrons. The fraction of sp³-hybridized carbons (Fsp3) is 0.0769. The maximum absolute atomic E-state index is 10.6. The maximum Gasteiger partial charge on any atom is 0.312 e. The highest BCUT2D eigenvalue weighted by Crippen LogP contribution is 2.17. The number of carboxylic acids is 1. The van der Waals surface area contributed by atoms with E-state index in [0.29, 0.717) is 11.3 Å². The number of rotatable bonds is 3. The molecule has 0 aliphatic heterocycles. The van der Waals surface area contributed by atoms with Crippen LogP contribution in [0.1, 0.15) is 11.1 Å². The minimum atomic E-state index is -0.973. The molecule has 1 N–H and O–H groups in total. The molecular weight excluding hydrogens is 216 g/mol. The van der Waals surface area contributed by atoms with E-state index in [1.807, 2.05) is 19.1 Å². The van der Waals surface area contributed by atoms with Crippen molar-refractivity contribution in [3.63, 3.8) is 0 Å². The Labute approximate surface area is 99.0 Å². The lowest BCUT2D eigenvalue weighted by Gasteiger charge is -2.02. The van der Waals surface area contributed by atoms with Crippen molar-refractivity contribution in [1.29, 1.82) is 0 Å². The number of hydrogen-bond donors (Lipinski definition) is 1. The minimum Gasteiger partial charge on any atom is -0.481 e. The molecule has 2 heterocycles. The Hall–Kier alpha value is -2.23. The topological polar surface area (TPSA) is 63.1 Å². The van der Waals surface area contributed by atoms with Crippen LogP contribution in [0.15, 0.2) is 36.7 Å². The SMILES string of the molecule is Cc1ccnc(-c2cc([CH]C(=O)O)ccn2)c1. The molecule has 0 unspecified atom stereocenters. The third-order valence-electron chi connectivity index (χ3n) is 2.25. The van der Waals surface area contributed by atoms with Gasteiger partial charge in [-0.15, -0.1) is 0 Å². The molecule has 0 aromatic carbocycles. The fourth-order valence-corrected chi connectivity index (χ4v) is 1.50. The van der Waals surface area contributed by atoms with Gasteiger partial charge in [-0.2, -0.15) is 0 Å². The van der Waals surface area contributed by atoms with Crippen LogP contribution in [0.4, 0.5) is 0 Å². The molecule has 0 bridgehead atoms. The molecule has 4 nitrogen and oxygen atoms in total. The van der Waals surface area contributed by atoms with Gasteiger partial charge in [0, 0.05) is 12.4 Å². The number of aryl methyl sites for hydroxylation is 1. The lowest BCUT2D eigenvalue weighted by Crippen LogP contribution is -1.98. The Morgan fingerprint density at radius 1 is 1.18 bits per heavy atom. The van der Waals surface area contributed by atoms with Crippen molar-refractivity contribution in [2.45, 2.75) is 6.92 Å². The summed E-state index contributed by atoms with van der Waals surface area (Å²) in [5.41, 5.74) is 3.10. The largest absolute Gasteiger partial charge is 0.481 e. The number of hydrogen-bond acceptors (Lipinski definition) is 3. The van der Waals surface area contributed by atoms with Crippen molar-refractivity contribution in [3.05, 3.63) is 54.2 Å². The average Bonchev–Trinajstić information content (AvgIpc) is 2.28. The van der Waals surface area contributed by atoms with Crippen molar-refractivity contribution in [3.8, 4) is 11.4 Å². The highest BCUT2D eigenvalue weighted by Gasteiger charge is 2.05. The zero-order valence-electron chi connectivity index (χ0n) is 9.29. The van der Waals surface area contributed by atoms with Crippen molar-refractivity contribution >= 4 is 5.97 Å². The predicted octanol–water partition coefficient (Wildman–Crippen LogP) is 2.09. The van der Waals surface area contributed by atoms with E-state index in [4.69, 9.17) is 5.11 Å². The molecule has 2 rings (SSSR count). The summed E-state index contributed by atoms with van der Waals surface area (Å²) in [6.45, 7) is 1.97. The monoisotopic (exact) mass is 227 g/mol. The highest BCUT2D eigenvalue weighted by molar-refractivity contribution is 5.81. The van der Waals surface area contributed by atoms with Gasteiger partial charge in [0.2, 0.25) is 0 Å². The molecule has 2 aromatic heterocycles. The van der Waals surface area contributed by atoms with Crippen LogP contribution in [0, 0.1) is 13.3 Å². The normalized spacial score (nSPS) is 10.2. The van der Waals surface area contributed by atoms with Crippen LogP contribution < -0.4 is 0 Å². The van der Waals surface area contributed by atoms with Gasteiger partial charge in [-0.25, -0.2) is 0 Å². The Balaban J connectivity index is 2.36. The highest BCUT2D eigenvalue weighted by atomic mass is 16.4. The van der Waals surface area contributed by atoms with Crippen LogP contribution in [0.5, 0.6) is 0 Å². The Kier molecular flexibility index (Phi) is 3.14. The van der Waals surface area contributed by atoms with Gasteiger partial charge in [-0.05, 0) is 42.3 Å². The van der Waals surface area contributed by atoms with Crippen LogP contribution in [0.2, 0.25) is 0 Å². The fourth-order valence-electron chi connectivity index (χ4n) is 1.50. The van der Waals surface area contributed by atoms with E-state index >= 15 is 0 Å². The Bertz CT molecular complexity index is 553. The van der Waals surface area contributed by atoms with Crippen LogP contribution in [0.25, 0.3) is 11.4 Å².